The molecule has 2 N–H and O–H groups in total. The largest absolute Gasteiger partial charge is 0.496 e. The summed E-state index contributed by atoms with van der Waals surface area (Å²) >= 11 is 0. The van der Waals surface area contributed by atoms with Crippen molar-refractivity contribution in [1.82, 2.24) is 19.5 Å². The Bertz CT molecular complexity index is 2000. The number of methoxy groups -OCH3 is 3. The van der Waals surface area contributed by atoms with Gasteiger partial charge in [0.15, 0.2) is 11.5 Å². The molecule has 0 saturated heterocycles. The number of carbonyl (C=O) groups is 2. The van der Waals surface area contributed by atoms with Gasteiger partial charge in [-0.1, -0.05) is 12.1 Å². The van der Waals surface area contributed by atoms with Crippen molar-refractivity contribution in [2.24, 2.45) is 5.10 Å². The molecule has 0 saturated carbocycles. The van der Waals surface area contributed by atoms with Gasteiger partial charge < -0.3 is 24.2 Å². The van der Waals surface area contributed by atoms with Gasteiger partial charge in [-0.05, 0) is 42.0 Å². The SMILES string of the molecule is COc1ccc(C=Nn2c(=O)[nH]c3c([nH]c4cc(OC)c(OC)cc43)c2=O)cc1CN1C(=O)c2ccccc2C1=O. The van der Waals surface area contributed by atoms with Crippen LogP contribution in [0.2, 0.25) is 0 Å². The molecule has 0 bridgehead atoms. The predicted octanol–water partition coefficient (Wildman–Crippen LogP) is 2.88. The van der Waals surface area contributed by atoms with Crippen molar-refractivity contribution < 1.29 is 23.8 Å². The molecule has 5 aromatic rings. The number of nitrogens with zero attached hydrogens (tertiary/aromatic N) is 3. The van der Waals surface area contributed by atoms with Crippen LogP contribution in [0, 0.1) is 0 Å². The van der Waals surface area contributed by atoms with Gasteiger partial charge >= 0.3 is 11.2 Å². The second-order valence-corrected chi connectivity index (χ2v) is 9.23. The Balaban J connectivity index is 1.35. The Hall–Kier alpha value is -5.65. The van der Waals surface area contributed by atoms with Crippen LogP contribution in [-0.2, 0) is 6.54 Å². The van der Waals surface area contributed by atoms with Crippen LogP contribution in [0.25, 0.3) is 21.9 Å². The van der Waals surface area contributed by atoms with Crippen molar-refractivity contribution in [3.8, 4) is 17.2 Å². The van der Waals surface area contributed by atoms with Crippen LogP contribution in [0.3, 0.4) is 0 Å². The highest BCUT2D eigenvalue weighted by Gasteiger charge is 2.35. The van der Waals surface area contributed by atoms with E-state index in [1.165, 1.54) is 27.5 Å². The fourth-order valence-corrected chi connectivity index (χ4v) is 4.95. The van der Waals surface area contributed by atoms with Crippen molar-refractivity contribution in [3.05, 3.63) is 97.7 Å². The highest BCUT2D eigenvalue weighted by atomic mass is 16.5. The zero-order valence-electron chi connectivity index (χ0n) is 22.2. The molecule has 1 aliphatic rings. The number of ether oxygens (including phenoxy) is 3. The number of benzene rings is 3. The van der Waals surface area contributed by atoms with E-state index in [2.05, 4.69) is 15.1 Å². The lowest BCUT2D eigenvalue weighted by Gasteiger charge is -2.16. The highest BCUT2D eigenvalue weighted by Crippen LogP contribution is 2.34. The zero-order chi connectivity index (χ0) is 28.8. The van der Waals surface area contributed by atoms with E-state index < -0.39 is 23.1 Å². The number of carbonyl (C=O) groups excluding carboxylic acids is 2. The van der Waals surface area contributed by atoms with Crippen LogP contribution in [0.4, 0.5) is 0 Å². The fourth-order valence-electron chi connectivity index (χ4n) is 4.95. The zero-order valence-corrected chi connectivity index (χ0v) is 22.2. The highest BCUT2D eigenvalue weighted by molar-refractivity contribution is 6.21. The monoisotopic (exact) mass is 553 g/mol. The van der Waals surface area contributed by atoms with E-state index in [1.54, 1.807) is 54.6 Å². The molecule has 12 heteroatoms. The van der Waals surface area contributed by atoms with Crippen molar-refractivity contribution in [1.29, 1.82) is 0 Å². The summed E-state index contributed by atoms with van der Waals surface area (Å²) in [4.78, 5) is 58.8. The molecule has 2 amide bonds. The first-order valence-corrected chi connectivity index (χ1v) is 12.4. The summed E-state index contributed by atoms with van der Waals surface area (Å²) in [6.07, 6.45) is 1.34. The Morgan fingerprint density at radius 1 is 0.780 bits per heavy atom. The van der Waals surface area contributed by atoms with Crippen LogP contribution in [-0.4, -0.2) is 58.9 Å². The minimum atomic E-state index is -0.741. The van der Waals surface area contributed by atoms with E-state index >= 15 is 0 Å². The lowest BCUT2D eigenvalue weighted by molar-refractivity contribution is 0.0641. The van der Waals surface area contributed by atoms with E-state index in [9.17, 15) is 19.2 Å². The minimum Gasteiger partial charge on any atom is -0.496 e. The third kappa shape index (κ3) is 4.13. The van der Waals surface area contributed by atoms with Crippen LogP contribution < -0.4 is 25.5 Å². The van der Waals surface area contributed by atoms with Gasteiger partial charge in [-0.2, -0.15) is 5.10 Å². The van der Waals surface area contributed by atoms with Gasteiger partial charge in [-0.25, -0.2) is 4.79 Å². The maximum atomic E-state index is 13.3. The molecule has 1 aliphatic heterocycles. The van der Waals surface area contributed by atoms with E-state index in [1.807, 2.05) is 0 Å². The van der Waals surface area contributed by atoms with Gasteiger partial charge in [0.05, 0.1) is 56.2 Å². The molecule has 0 atom stereocenters. The van der Waals surface area contributed by atoms with Crippen molar-refractivity contribution in [2.75, 3.05) is 21.3 Å². The molecular formula is C29H23N5O7. The lowest BCUT2D eigenvalue weighted by atomic mass is 10.1. The van der Waals surface area contributed by atoms with Gasteiger partial charge in [0, 0.05) is 17.0 Å². The maximum absolute atomic E-state index is 13.3. The first-order valence-electron chi connectivity index (χ1n) is 12.4. The molecule has 3 heterocycles. The third-order valence-electron chi connectivity index (χ3n) is 6.97. The molecule has 12 nitrogen and oxygen atoms in total. The summed E-state index contributed by atoms with van der Waals surface area (Å²) < 4.78 is 16.8. The molecule has 0 fully saturated rings. The topological polar surface area (TPSA) is 148 Å². The number of rotatable bonds is 7. The first-order chi connectivity index (χ1) is 19.8. The quantitative estimate of drug-likeness (QED) is 0.233. The van der Waals surface area contributed by atoms with Gasteiger partial charge in [0.2, 0.25) is 0 Å². The summed E-state index contributed by atoms with van der Waals surface area (Å²) in [7, 11) is 4.47. The number of imide groups is 1. The number of hydrogen-bond donors (Lipinski definition) is 2. The summed E-state index contributed by atoms with van der Waals surface area (Å²) in [5.74, 6) is 0.571. The Morgan fingerprint density at radius 3 is 2.10 bits per heavy atom. The van der Waals surface area contributed by atoms with Crippen LogP contribution in [0.15, 0.2) is 69.3 Å². The molecule has 3 aromatic carbocycles. The molecule has 6 rings (SSSR count). The average molecular weight is 554 g/mol. The second-order valence-electron chi connectivity index (χ2n) is 9.23. The number of H-pyrrole nitrogens is 2. The molecule has 206 valence electrons. The number of hydrogen-bond acceptors (Lipinski definition) is 8. The minimum absolute atomic E-state index is 0.0360. The van der Waals surface area contributed by atoms with E-state index in [0.29, 0.717) is 60.6 Å². The maximum Gasteiger partial charge on any atom is 0.350 e. The van der Waals surface area contributed by atoms with E-state index in [0.717, 1.165) is 4.90 Å². The summed E-state index contributed by atoms with van der Waals surface area (Å²) in [5.41, 5.74) is 1.37. The first kappa shape index (κ1) is 25.6. The lowest BCUT2D eigenvalue weighted by Crippen LogP contribution is -2.32. The molecule has 0 radical (unpaired) electrons. The normalized spacial score (nSPS) is 13.0. The summed E-state index contributed by atoms with van der Waals surface area (Å²) in [5, 5.41) is 4.71. The number of amides is 2. The Morgan fingerprint density at radius 2 is 1.44 bits per heavy atom. The van der Waals surface area contributed by atoms with Crippen LogP contribution in [0.1, 0.15) is 31.8 Å². The summed E-state index contributed by atoms with van der Waals surface area (Å²) in [6, 6.07) is 15.0. The van der Waals surface area contributed by atoms with E-state index in [-0.39, 0.29) is 12.1 Å². The second kappa shape index (κ2) is 9.83. The standard InChI is InChI=1S/C29H23N5O7/c1-39-21-9-8-15(10-16(21)14-33-26(35)17-6-4-5-7-18(17)27(33)36)13-30-34-28(37)25-24(32-29(34)38)19-11-22(40-2)23(41-3)12-20(19)31-25/h4-13,31H,14H2,1-3H3,(H,32,38). The average Bonchev–Trinajstić information content (AvgIpc) is 3.46. The molecular weight excluding hydrogens is 530 g/mol. The van der Waals surface area contributed by atoms with Crippen molar-refractivity contribution in [2.45, 2.75) is 6.54 Å². The third-order valence-corrected chi connectivity index (χ3v) is 6.97. The molecule has 41 heavy (non-hydrogen) atoms. The number of nitrogens with one attached hydrogen (secondary N) is 2. The summed E-state index contributed by atoms with van der Waals surface area (Å²) in [6.45, 7) is -0.0360. The molecule has 0 aliphatic carbocycles. The number of aromatic amines is 2. The Kier molecular flexibility index (Phi) is 6.14. The molecule has 2 aromatic heterocycles. The predicted molar refractivity (Wildman–Crippen MR) is 150 cm³/mol. The van der Waals surface area contributed by atoms with Gasteiger partial charge in [-0.15, -0.1) is 4.68 Å². The molecule has 0 unspecified atom stereocenters. The van der Waals surface area contributed by atoms with Crippen LogP contribution >= 0.6 is 0 Å². The van der Waals surface area contributed by atoms with Crippen LogP contribution in [0.5, 0.6) is 17.2 Å². The van der Waals surface area contributed by atoms with E-state index in [4.69, 9.17) is 14.2 Å². The smallest absolute Gasteiger partial charge is 0.350 e. The number of aromatic nitrogens is 3. The fraction of sp³-hybridized carbons (Fsp3) is 0.138. The Labute approximate surface area is 231 Å². The molecule has 0 spiro atoms. The van der Waals surface area contributed by atoms with Gasteiger partial charge in [0.25, 0.3) is 11.8 Å². The van der Waals surface area contributed by atoms with Gasteiger partial charge in [0.1, 0.15) is 11.3 Å². The van der Waals surface area contributed by atoms with Gasteiger partial charge in [-0.3, -0.25) is 19.3 Å². The van der Waals surface area contributed by atoms with Crippen molar-refractivity contribution >= 4 is 40.0 Å². The van der Waals surface area contributed by atoms with Crippen molar-refractivity contribution in [3.63, 3.8) is 0 Å². The number of fused-ring (bicyclic) bond motifs is 4.